The lowest BCUT2D eigenvalue weighted by atomic mass is 10.1. The SMILES string of the molecule is CC(C)COc1cccc(C(=O)Nc2cc(C(F)(F)F)ccc2N2CCOCC2)c1. The van der Waals surface area contributed by atoms with E-state index in [1.54, 1.807) is 24.3 Å². The first-order valence-electron chi connectivity index (χ1n) is 9.82. The maximum atomic E-state index is 13.2. The number of nitrogens with zero attached hydrogens (tertiary/aromatic N) is 1. The number of carbonyl (C=O) groups excluding carboxylic acids is 1. The predicted octanol–water partition coefficient (Wildman–Crippen LogP) is 4.83. The number of alkyl halides is 3. The molecule has 3 rings (SSSR count). The minimum atomic E-state index is -4.51. The molecule has 1 amide bonds. The Balaban J connectivity index is 1.86. The third-order valence-electron chi connectivity index (χ3n) is 4.60. The molecule has 5 nitrogen and oxygen atoms in total. The molecule has 0 aliphatic carbocycles. The number of nitrogens with one attached hydrogen (secondary N) is 1. The summed E-state index contributed by atoms with van der Waals surface area (Å²) in [5, 5.41) is 2.65. The second kappa shape index (κ2) is 9.38. The van der Waals surface area contributed by atoms with Gasteiger partial charge in [-0.3, -0.25) is 4.79 Å². The Morgan fingerprint density at radius 3 is 2.57 bits per heavy atom. The molecule has 0 bridgehead atoms. The molecule has 1 fully saturated rings. The van der Waals surface area contributed by atoms with Gasteiger partial charge in [0.2, 0.25) is 0 Å². The Hall–Kier alpha value is -2.74. The summed E-state index contributed by atoms with van der Waals surface area (Å²) in [6.07, 6.45) is -4.51. The highest BCUT2D eigenvalue weighted by molar-refractivity contribution is 6.06. The third-order valence-corrected chi connectivity index (χ3v) is 4.60. The molecule has 0 atom stereocenters. The van der Waals surface area contributed by atoms with E-state index in [9.17, 15) is 18.0 Å². The van der Waals surface area contributed by atoms with Gasteiger partial charge in [0.1, 0.15) is 5.75 Å². The van der Waals surface area contributed by atoms with Crippen LogP contribution >= 0.6 is 0 Å². The standard InChI is InChI=1S/C22H25F3N2O3/c1-15(2)14-30-18-5-3-4-16(12-18)21(28)26-19-13-17(22(23,24)25)6-7-20(19)27-8-10-29-11-9-27/h3-7,12-13,15H,8-11,14H2,1-2H3,(H,26,28). The average molecular weight is 422 g/mol. The summed E-state index contributed by atoms with van der Waals surface area (Å²) < 4.78 is 50.7. The molecule has 1 heterocycles. The van der Waals surface area contributed by atoms with Gasteiger partial charge < -0.3 is 19.7 Å². The van der Waals surface area contributed by atoms with Gasteiger partial charge >= 0.3 is 6.18 Å². The van der Waals surface area contributed by atoms with Crippen LogP contribution in [0.2, 0.25) is 0 Å². The second-order valence-corrected chi connectivity index (χ2v) is 7.52. The summed E-state index contributed by atoms with van der Waals surface area (Å²) in [6.45, 7) is 6.54. The number of carbonyl (C=O) groups is 1. The fourth-order valence-corrected chi connectivity index (χ4v) is 3.08. The zero-order chi connectivity index (χ0) is 21.7. The molecular formula is C22H25F3N2O3. The van der Waals surface area contributed by atoms with Crippen LogP contribution in [-0.2, 0) is 10.9 Å². The van der Waals surface area contributed by atoms with E-state index >= 15 is 0 Å². The first-order valence-corrected chi connectivity index (χ1v) is 9.82. The Morgan fingerprint density at radius 1 is 1.17 bits per heavy atom. The molecule has 1 aliphatic rings. The first kappa shape index (κ1) is 22.0. The topological polar surface area (TPSA) is 50.8 Å². The van der Waals surface area contributed by atoms with Crippen molar-refractivity contribution in [2.45, 2.75) is 20.0 Å². The van der Waals surface area contributed by atoms with E-state index in [2.05, 4.69) is 5.32 Å². The number of morpholine rings is 1. The summed E-state index contributed by atoms with van der Waals surface area (Å²) >= 11 is 0. The van der Waals surface area contributed by atoms with Crippen molar-refractivity contribution in [2.75, 3.05) is 43.1 Å². The molecular weight excluding hydrogens is 397 g/mol. The molecule has 2 aromatic rings. The van der Waals surface area contributed by atoms with E-state index in [-0.39, 0.29) is 5.69 Å². The van der Waals surface area contributed by atoms with Gasteiger partial charge in [-0.15, -0.1) is 0 Å². The summed E-state index contributed by atoms with van der Waals surface area (Å²) in [5.74, 6) is 0.358. The molecule has 2 aromatic carbocycles. The van der Waals surface area contributed by atoms with Crippen molar-refractivity contribution in [1.82, 2.24) is 0 Å². The summed E-state index contributed by atoms with van der Waals surface area (Å²) in [5.41, 5.74) is 0.141. The summed E-state index contributed by atoms with van der Waals surface area (Å²) in [6, 6.07) is 10.00. The number of rotatable bonds is 6. The number of benzene rings is 2. The summed E-state index contributed by atoms with van der Waals surface area (Å²) in [4.78, 5) is 14.7. The van der Waals surface area contributed by atoms with Crippen LogP contribution in [0.15, 0.2) is 42.5 Å². The van der Waals surface area contributed by atoms with Crippen LogP contribution in [0.1, 0.15) is 29.8 Å². The van der Waals surface area contributed by atoms with Crippen LogP contribution in [0.5, 0.6) is 5.75 Å². The Bertz CT molecular complexity index is 878. The highest BCUT2D eigenvalue weighted by Gasteiger charge is 2.32. The monoisotopic (exact) mass is 422 g/mol. The molecule has 8 heteroatoms. The van der Waals surface area contributed by atoms with Crippen molar-refractivity contribution in [3.8, 4) is 5.75 Å². The second-order valence-electron chi connectivity index (χ2n) is 7.52. The number of ether oxygens (including phenoxy) is 2. The average Bonchev–Trinajstić information content (AvgIpc) is 2.72. The van der Waals surface area contributed by atoms with Crippen LogP contribution in [0.4, 0.5) is 24.5 Å². The van der Waals surface area contributed by atoms with Gasteiger partial charge in [0.25, 0.3) is 5.91 Å². The normalized spacial score (nSPS) is 14.7. The Morgan fingerprint density at radius 2 is 1.90 bits per heavy atom. The van der Waals surface area contributed by atoms with Gasteiger partial charge in [-0.25, -0.2) is 0 Å². The quantitative estimate of drug-likeness (QED) is 0.725. The van der Waals surface area contributed by atoms with Gasteiger partial charge in [0, 0.05) is 18.7 Å². The maximum absolute atomic E-state index is 13.2. The predicted molar refractivity (Wildman–Crippen MR) is 109 cm³/mol. The molecule has 0 spiro atoms. The largest absolute Gasteiger partial charge is 0.493 e. The van der Waals surface area contributed by atoms with Crippen LogP contribution in [-0.4, -0.2) is 38.8 Å². The van der Waals surface area contributed by atoms with Crippen molar-refractivity contribution in [3.63, 3.8) is 0 Å². The Kier molecular flexibility index (Phi) is 6.87. The van der Waals surface area contributed by atoms with Gasteiger partial charge in [-0.1, -0.05) is 19.9 Å². The van der Waals surface area contributed by atoms with E-state index in [0.29, 0.717) is 55.8 Å². The van der Waals surface area contributed by atoms with Crippen molar-refractivity contribution in [1.29, 1.82) is 0 Å². The lowest BCUT2D eigenvalue weighted by molar-refractivity contribution is -0.137. The van der Waals surface area contributed by atoms with Gasteiger partial charge in [0.05, 0.1) is 36.8 Å². The van der Waals surface area contributed by atoms with Crippen molar-refractivity contribution < 1.29 is 27.4 Å². The molecule has 1 N–H and O–H groups in total. The number of anilines is 2. The number of halogens is 3. The van der Waals surface area contributed by atoms with E-state index < -0.39 is 17.6 Å². The molecule has 1 saturated heterocycles. The van der Waals surface area contributed by atoms with Crippen molar-refractivity contribution in [3.05, 3.63) is 53.6 Å². The minimum absolute atomic E-state index is 0.116. The van der Waals surface area contributed by atoms with Crippen molar-refractivity contribution in [2.24, 2.45) is 5.92 Å². The molecule has 1 aliphatic heterocycles. The maximum Gasteiger partial charge on any atom is 0.416 e. The van der Waals surface area contributed by atoms with E-state index in [1.807, 2.05) is 18.7 Å². The van der Waals surface area contributed by atoms with Crippen LogP contribution in [0, 0.1) is 5.92 Å². The molecule has 162 valence electrons. The lowest BCUT2D eigenvalue weighted by Crippen LogP contribution is -2.36. The highest BCUT2D eigenvalue weighted by atomic mass is 19.4. The number of amides is 1. The summed E-state index contributed by atoms with van der Waals surface area (Å²) in [7, 11) is 0. The van der Waals surface area contributed by atoms with E-state index in [1.165, 1.54) is 6.07 Å². The van der Waals surface area contributed by atoms with Crippen LogP contribution in [0.3, 0.4) is 0 Å². The van der Waals surface area contributed by atoms with Gasteiger partial charge in [-0.2, -0.15) is 13.2 Å². The molecule has 30 heavy (non-hydrogen) atoms. The van der Waals surface area contributed by atoms with Gasteiger partial charge in [-0.05, 0) is 42.3 Å². The Labute approximate surface area is 173 Å². The number of hydrogen-bond donors (Lipinski definition) is 1. The van der Waals surface area contributed by atoms with Gasteiger partial charge in [0.15, 0.2) is 0 Å². The van der Waals surface area contributed by atoms with Crippen LogP contribution in [0.25, 0.3) is 0 Å². The van der Waals surface area contributed by atoms with E-state index in [4.69, 9.17) is 9.47 Å². The zero-order valence-corrected chi connectivity index (χ0v) is 17.0. The fourth-order valence-electron chi connectivity index (χ4n) is 3.08. The first-order chi connectivity index (χ1) is 14.2. The molecule has 0 aromatic heterocycles. The highest BCUT2D eigenvalue weighted by Crippen LogP contribution is 2.36. The molecule has 0 unspecified atom stereocenters. The lowest BCUT2D eigenvalue weighted by Gasteiger charge is -2.31. The molecule has 0 radical (unpaired) electrons. The molecule has 0 saturated carbocycles. The smallest absolute Gasteiger partial charge is 0.416 e. The van der Waals surface area contributed by atoms with Crippen LogP contribution < -0.4 is 15.0 Å². The van der Waals surface area contributed by atoms with Crippen molar-refractivity contribution >= 4 is 17.3 Å². The fraction of sp³-hybridized carbons (Fsp3) is 0.409. The zero-order valence-electron chi connectivity index (χ0n) is 17.0. The number of hydrogen-bond acceptors (Lipinski definition) is 4. The minimum Gasteiger partial charge on any atom is -0.493 e. The third kappa shape index (κ3) is 5.66. The van der Waals surface area contributed by atoms with E-state index in [0.717, 1.165) is 12.1 Å².